The number of rotatable bonds is 6. The number of amides is 1. The molecule has 0 aromatic rings. The molecule has 0 spiro atoms. The van der Waals surface area contributed by atoms with Crippen molar-refractivity contribution < 1.29 is 9.59 Å². The Morgan fingerprint density at radius 1 is 1.24 bits per heavy atom. The molecule has 17 heavy (non-hydrogen) atoms. The standard InChI is InChI=1S/C14H25NO2/c1-6-7-11-8-14(11,12(16)9(2)3)15-13(17)10(4)5/h9-11H,6-8H2,1-5H3,(H,15,17)/t11-,14?/m1/s1. The normalized spacial score (nSPS) is 27.4. The molecule has 1 fully saturated rings. The fraction of sp³-hybridized carbons (Fsp3) is 0.857. The minimum Gasteiger partial charge on any atom is -0.343 e. The summed E-state index contributed by atoms with van der Waals surface area (Å²) < 4.78 is 0. The molecule has 1 aliphatic carbocycles. The first-order valence-corrected chi connectivity index (χ1v) is 6.71. The Labute approximate surface area is 104 Å². The minimum absolute atomic E-state index is 0.00222. The number of nitrogens with one attached hydrogen (secondary N) is 1. The fourth-order valence-electron chi connectivity index (χ4n) is 2.42. The SMILES string of the molecule is CCC[C@@H]1CC1(NC(=O)C(C)C)C(=O)C(C)C. The van der Waals surface area contributed by atoms with Crippen LogP contribution in [0, 0.1) is 17.8 Å². The van der Waals surface area contributed by atoms with Crippen molar-refractivity contribution >= 4 is 11.7 Å². The fourth-order valence-corrected chi connectivity index (χ4v) is 2.42. The highest BCUT2D eigenvalue weighted by atomic mass is 16.2. The molecule has 2 atom stereocenters. The zero-order valence-corrected chi connectivity index (χ0v) is 11.7. The highest BCUT2D eigenvalue weighted by molar-refractivity contribution is 5.97. The lowest BCUT2D eigenvalue weighted by Crippen LogP contribution is -2.48. The first-order chi connectivity index (χ1) is 7.85. The van der Waals surface area contributed by atoms with Gasteiger partial charge in [-0.3, -0.25) is 9.59 Å². The van der Waals surface area contributed by atoms with Crippen LogP contribution in [0.15, 0.2) is 0 Å². The number of carbonyl (C=O) groups excluding carboxylic acids is 2. The van der Waals surface area contributed by atoms with E-state index in [4.69, 9.17) is 0 Å². The number of hydrogen-bond acceptors (Lipinski definition) is 2. The molecular formula is C14H25NO2. The number of hydrogen-bond donors (Lipinski definition) is 1. The predicted molar refractivity (Wildman–Crippen MR) is 68.6 cm³/mol. The van der Waals surface area contributed by atoms with Gasteiger partial charge in [0.1, 0.15) is 5.54 Å². The molecule has 1 aliphatic rings. The summed E-state index contributed by atoms with van der Waals surface area (Å²) in [5.74, 6) is 0.478. The second-order valence-corrected chi connectivity index (χ2v) is 5.82. The van der Waals surface area contributed by atoms with E-state index in [9.17, 15) is 9.59 Å². The molecule has 0 saturated heterocycles. The second-order valence-electron chi connectivity index (χ2n) is 5.82. The van der Waals surface area contributed by atoms with Crippen LogP contribution in [0.2, 0.25) is 0 Å². The Morgan fingerprint density at radius 3 is 2.24 bits per heavy atom. The van der Waals surface area contributed by atoms with Crippen molar-refractivity contribution in [3.63, 3.8) is 0 Å². The number of Topliss-reactive ketones (excluding diaryl/α,β-unsaturated/α-hetero) is 1. The van der Waals surface area contributed by atoms with Crippen LogP contribution in [-0.4, -0.2) is 17.2 Å². The van der Waals surface area contributed by atoms with Gasteiger partial charge in [0, 0.05) is 11.8 Å². The lowest BCUT2D eigenvalue weighted by Gasteiger charge is -2.21. The molecule has 0 aliphatic heterocycles. The maximum atomic E-state index is 12.3. The summed E-state index contributed by atoms with van der Waals surface area (Å²) >= 11 is 0. The van der Waals surface area contributed by atoms with Crippen molar-refractivity contribution in [1.29, 1.82) is 0 Å². The largest absolute Gasteiger partial charge is 0.343 e. The highest BCUT2D eigenvalue weighted by Gasteiger charge is 2.60. The molecule has 0 aromatic carbocycles. The molecule has 0 bridgehead atoms. The maximum Gasteiger partial charge on any atom is 0.223 e. The summed E-state index contributed by atoms with van der Waals surface area (Å²) in [5, 5.41) is 2.99. The average Bonchev–Trinajstić information content (AvgIpc) is 2.91. The van der Waals surface area contributed by atoms with Crippen molar-refractivity contribution in [2.75, 3.05) is 0 Å². The second kappa shape index (κ2) is 5.19. The van der Waals surface area contributed by atoms with E-state index in [1.54, 1.807) is 0 Å². The quantitative estimate of drug-likeness (QED) is 0.774. The summed E-state index contributed by atoms with van der Waals surface area (Å²) in [6, 6.07) is 0. The van der Waals surface area contributed by atoms with E-state index < -0.39 is 5.54 Å². The molecule has 0 aromatic heterocycles. The highest BCUT2D eigenvalue weighted by Crippen LogP contribution is 2.48. The molecule has 3 heteroatoms. The van der Waals surface area contributed by atoms with E-state index in [0.717, 1.165) is 19.3 Å². The van der Waals surface area contributed by atoms with E-state index in [0.29, 0.717) is 5.92 Å². The number of carbonyl (C=O) groups is 2. The van der Waals surface area contributed by atoms with Crippen LogP contribution >= 0.6 is 0 Å². The summed E-state index contributed by atoms with van der Waals surface area (Å²) in [6.07, 6.45) is 2.92. The van der Waals surface area contributed by atoms with Crippen molar-refractivity contribution in [3.8, 4) is 0 Å². The average molecular weight is 239 g/mol. The zero-order chi connectivity index (χ0) is 13.2. The molecular weight excluding hydrogens is 214 g/mol. The van der Waals surface area contributed by atoms with Crippen LogP contribution in [0.25, 0.3) is 0 Å². The van der Waals surface area contributed by atoms with Crippen LogP contribution in [-0.2, 0) is 9.59 Å². The lowest BCUT2D eigenvalue weighted by atomic mass is 9.95. The van der Waals surface area contributed by atoms with Crippen molar-refractivity contribution in [2.24, 2.45) is 17.8 Å². The van der Waals surface area contributed by atoms with Gasteiger partial charge in [-0.1, -0.05) is 41.0 Å². The molecule has 1 saturated carbocycles. The molecule has 0 radical (unpaired) electrons. The predicted octanol–water partition coefficient (Wildman–Crippen LogP) is 2.54. The van der Waals surface area contributed by atoms with Crippen LogP contribution in [0.4, 0.5) is 0 Å². The summed E-state index contributed by atoms with van der Waals surface area (Å²) in [5.41, 5.74) is -0.536. The molecule has 98 valence electrons. The van der Waals surface area contributed by atoms with E-state index in [1.165, 1.54) is 0 Å². The van der Waals surface area contributed by atoms with Gasteiger partial charge in [-0.25, -0.2) is 0 Å². The molecule has 3 nitrogen and oxygen atoms in total. The van der Waals surface area contributed by atoms with Gasteiger partial charge in [0.05, 0.1) is 0 Å². The van der Waals surface area contributed by atoms with Crippen LogP contribution in [0.1, 0.15) is 53.9 Å². The Balaban J connectivity index is 2.77. The minimum atomic E-state index is -0.536. The van der Waals surface area contributed by atoms with Crippen molar-refractivity contribution in [2.45, 2.75) is 59.4 Å². The van der Waals surface area contributed by atoms with Crippen LogP contribution in [0.5, 0.6) is 0 Å². The molecule has 1 rings (SSSR count). The van der Waals surface area contributed by atoms with E-state index in [2.05, 4.69) is 12.2 Å². The van der Waals surface area contributed by atoms with Gasteiger partial charge < -0.3 is 5.32 Å². The van der Waals surface area contributed by atoms with Gasteiger partial charge in [-0.05, 0) is 18.8 Å². The van der Waals surface area contributed by atoms with Gasteiger partial charge in [-0.15, -0.1) is 0 Å². The summed E-state index contributed by atoms with van der Waals surface area (Å²) in [4.78, 5) is 24.1. The van der Waals surface area contributed by atoms with Crippen LogP contribution in [0.3, 0.4) is 0 Å². The third-order valence-electron chi connectivity index (χ3n) is 3.58. The van der Waals surface area contributed by atoms with Crippen molar-refractivity contribution in [1.82, 2.24) is 5.32 Å². The van der Waals surface area contributed by atoms with Gasteiger partial charge in [-0.2, -0.15) is 0 Å². The zero-order valence-electron chi connectivity index (χ0n) is 11.7. The smallest absolute Gasteiger partial charge is 0.223 e. The van der Waals surface area contributed by atoms with Gasteiger partial charge in [0.2, 0.25) is 5.91 Å². The van der Waals surface area contributed by atoms with E-state index in [1.807, 2.05) is 27.7 Å². The Kier molecular flexibility index (Phi) is 4.34. The Bertz CT molecular complexity index is 309. The van der Waals surface area contributed by atoms with Crippen molar-refractivity contribution in [3.05, 3.63) is 0 Å². The molecule has 1 N–H and O–H groups in total. The summed E-state index contributed by atoms with van der Waals surface area (Å²) in [7, 11) is 0. The van der Waals surface area contributed by atoms with Gasteiger partial charge >= 0.3 is 0 Å². The van der Waals surface area contributed by atoms with E-state index >= 15 is 0 Å². The third kappa shape index (κ3) is 2.88. The van der Waals surface area contributed by atoms with Gasteiger partial charge in [0.25, 0.3) is 0 Å². The first-order valence-electron chi connectivity index (χ1n) is 6.71. The third-order valence-corrected chi connectivity index (χ3v) is 3.58. The van der Waals surface area contributed by atoms with Crippen LogP contribution < -0.4 is 5.32 Å². The Morgan fingerprint density at radius 2 is 1.82 bits per heavy atom. The Hall–Kier alpha value is -0.860. The van der Waals surface area contributed by atoms with Gasteiger partial charge in [0.15, 0.2) is 5.78 Å². The topological polar surface area (TPSA) is 46.2 Å². The maximum absolute atomic E-state index is 12.3. The van der Waals surface area contributed by atoms with E-state index in [-0.39, 0.29) is 23.5 Å². The summed E-state index contributed by atoms with van der Waals surface area (Å²) in [6.45, 7) is 9.66. The monoisotopic (exact) mass is 239 g/mol. The first kappa shape index (κ1) is 14.2. The lowest BCUT2D eigenvalue weighted by molar-refractivity contribution is -0.132. The number of ketones is 1. The molecule has 0 heterocycles. The molecule has 1 amide bonds. The molecule has 1 unspecified atom stereocenters.